The van der Waals surface area contributed by atoms with Crippen LogP contribution in [-0.4, -0.2) is 51.9 Å². The van der Waals surface area contributed by atoms with Crippen LogP contribution in [0.2, 0.25) is 0 Å². The maximum absolute atomic E-state index is 12.3. The summed E-state index contributed by atoms with van der Waals surface area (Å²) in [6, 6.07) is 10.7. The van der Waals surface area contributed by atoms with Gasteiger partial charge in [0.05, 0.1) is 25.6 Å². The Bertz CT molecular complexity index is 1250. The maximum Gasteiger partial charge on any atom is 0.229 e. The standard InChI is InChI=1S/C23H27N3O6S/c1-30-17-7-8-20-19(11-17)15(12-24-20)4-3-5-23(27)25-13-18-14-31-21-9-6-16(10-22(21)32-18)26-33(2,28)29/h6-12,18,24,26H,3-5,13-14H2,1-2H3,(H,25,27). The van der Waals surface area contributed by atoms with E-state index >= 15 is 0 Å². The number of anilines is 1. The maximum atomic E-state index is 12.3. The number of aromatic amines is 1. The van der Waals surface area contributed by atoms with Gasteiger partial charge in [0.1, 0.15) is 18.5 Å². The number of amides is 1. The molecule has 1 atom stereocenters. The van der Waals surface area contributed by atoms with E-state index in [9.17, 15) is 13.2 Å². The molecule has 0 radical (unpaired) electrons. The highest BCUT2D eigenvalue weighted by Gasteiger charge is 2.22. The number of fused-ring (bicyclic) bond motifs is 2. The van der Waals surface area contributed by atoms with E-state index in [-0.39, 0.29) is 12.0 Å². The predicted molar refractivity (Wildman–Crippen MR) is 126 cm³/mol. The highest BCUT2D eigenvalue weighted by molar-refractivity contribution is 7.92. The smallest absolute Gasteiger partial charge is 0.229 e. The van der Waals surface area contributed by atoms with E-state index in [0.29, 0.717) is 43.2 Å². The number of aryl methyl sites for hydroxylation is 1. The largest absolute Gasteiger partial charge is 0.497 e. The summed E-state index contributed by atoms with van der Waals surface area (Å²) in [5.41, 5.74) is 2.58. The summed E-state index contributed by atoms with van der Waals surface area (Å²) in [5, 5.41) is 3.99. The third-order valence-corrected chi connectivity index (χ3v) is 5.92. The van der Waals surface area contributed by atoms with Gasteiger partial charge in [-0.2, -0.15) is 0 Å². The molecular weight excluding hydrogens is 446 g/mol. The highest BCUT2D eigenvalue weighted by atomic mass is 32.2. The molecule has 33 heavy (non-hydrogen) atoms. The number of hydrogen-bond donors (Lipinski definition) is 3. The molecule has 10 heteroatoms. The summed E-state index contributed by atoms with van der Waals surface area (Å²) < 4.78 is 42.1. The van der Waals surface area contributed by atoms with Crippen LogP contribution in [0.4, 0.5) is 5.69 Å². The van der Waals surface area contributed by atoms with Gasteiger partial charge < -0.3 is 24.5 Å². The van der Waals surface area contributed by atoms with E-state index in [2.05, 4.69) is 15.0 Å². The van der Waals surface area contributed by atoms with Gasteiger partial charge in [-0.1, -0.05) is 0 Å². The lowest BCUT2D eigenvalue weighted by Crippen LogP contribution is -2.40. The molecular formula is C23H27N3O6S. The number of rotatable bonds is 9. The first kappa shape index (κ1) is 22.8. The third-order valence-electron chi connectivity index (χ3n) is 5.32. The fourth-order valence-electron chi connectivity index (χ4n) is 3.74. The molecule has 0 fully saturated rings. The monoisotopic (exact) mass is 473 g/mol. The lowest BCUT2D eigenvalue weighted by Gasteiger charge is -2.27. The fraction of sp³-hybridized carbons (Fsp3) is 0.348. The van der Waals surface area contributed by atoms with Crippen molar-refractivity contribution in [1.82, 2.24) is 10.3 Å². The molecule has 3 N–H and O–H groups in total. The zero-order chi connectivity index (χ0) is 23.4. The number of carbonyl (C=O) groups is 1. The van der Waals surface area contributed by atoms with Gasteiger partial charge in [0.25, 0.3) is 0 Å². The SMILES string of the molecule is COc1ccc2[nH]cc(CCCC(=O)NCC3COc4ccc(NS(C)(=O)=O)cc4O3)c2c1. The number of methoxy groups -OCH3 is 1. The minimum absolute atomic E-state index is 0.0608. The second-order valence-electron chi connectivity index (χ2n) is 7.97. The molecule has 2 heterocycles. The summed E-state index contributed by atoms with van der Waals surface area (Å²) in [4.78, 5) is 15.6. The Morgan fingerprint density at radius 2 is 2.06 bits per heavy atom. The Balaban J connectivity index is 1.25. The summed E-state index contributed by atoms with van der Waals surface area (Å²) in [6.07, 6.45) is 4.56. The van der Waals surface area contributed by atoms with Crippen LogP contribution < -0.4 is 24.2 Å². The molecule has 0 saturated heterocycles. The number of nitrogens with one attached hydrogen (secondary N) is 3. The van der Waals surface area contributed by atoms with E-state index in [0.717, 1.165) is 34.9 Å². The number of H-pyrrole nitrogens is 1. The van der Waals surface area contributed by atoms with Crippen LogP contribution in [0.1, 0.15) is 18.4 Å². The Morgan fingerprint density at radius 3 is 2.85 bits per heavy atom. The van der Waals surface area contributed by atoms with Crippen LogP contribution in [0.5, 0.6) is 17.2 Å². The van der Waals surface area contributed by atoms with Gasteiger partial charge in [-0.25, -0.2) is 8.42 Å². The molecule has 0 spiro atoms. The van der Waals surface area contributed by atoms with Crippen molar-refractivity contribution < 1.29 is 27.4 Å². The number of hydrogen-bond acceptors (Lipinski definition) is 6. The molecule has 3 aromatic rings. The minimum Gasteiger partial charge on any atom is -0.497 e. The van der Waals surface area contributed by atoms with Crippen LogP contribution in [-0.2, 0) is 21.2 Å². The van der Waals surface area contributed by atoms with Crippen LogP contribution >= 0.6 is 0 Å². The number of aromatic nitrogens is 1. The van der Waals surface area contributed by atoms with Gasteiger partial charge in [0.15, 0.2) is 11.5 Å². The summed E-state index contributed by atoms with van der Waals surface area (Å²) in [5.74, 6) is 1.71. The average molecular weight is 474 g/mol. The summed E-state index contributed by atoms with van der Waals surface area (Å²) in [6.45, 7) is 0.593. The van der Waals surface area contributed by atoms with E-state index in [1.165, 1.54) is 0 Å². The van der Waals surface area contributed by atoms with E-state index in [4.69, 9.17) is 14.2 Å². The van der Waals surface area contributed by atoms with Gasteiger partial charge in [-0.3, -0.25) is 9.52 Å². The summed E-state index contributed by atoms with van der Waals surface area (Å²) in [7, 11) is -1.75. The molecule has 176 valence electrons. The number of ether oxygens (including phenoxy) is 3. The quantitative estimate of drug-likeness (QED) is 0.440. The second kappa shape index (κ2) is 9.62. The molecule has 9 nitrogen and oxygen atoms in total. The minimum atomic E-state index is -3.39. The third kappa shape index (κ3) is 5.89. The molecule has 1 aliphatic heterocycles. The molecule has 4 rings (SSSR count). The topological polar surface area (TPSA) is 119 Å². The normalized spacial score (nSPS) is 15.3. The number of sulfonamides is 1. The van der Waals surface area contributed by atoms with Crippen molar-refractivity contribution in [2.75, 3.05) is 31.2 Å². The van der Waals surface area contributed by atoms with Gasteiger partial charge in [-0.05, 0) is 48.7 Å². The average Bonchev–Trinajstić information content (AvgIpc) is 3.18. The van der Waals surface area contributed by atoms with Crippen molar-refractivity contribution >= 4 is 32.5 Å². The molecule has 1 aliphatic rings. The van der Waals surface area contributed by atoms with Crippen LogP contribution in [0.3, 0.4) is 0 Å². The molecule has 0 saturated carbocycles. The van der Waals surface area contributed by atoms with Crippen molar-refractivity contribution in [3.8, 4) is 17.2 Å². The van der Waals surface area contributed by atoms with E-state index in [1.54, 1.807) is 25.3 Å². The van der Waals surface area contributed by atoms with E-state index < -0.39 is 10.0 Å². The van der Waals surface area contributed by atoms with Crippen molar-refractivity contribution in [2.24, 2.45) is 0 Å². The first-order valence-electron chi connectivity index (χ1n) is 10.6. The molecule has 0 bridgehead atoms. The number of carbonyl (C=O) groups excluding carboxylic acids is 1. The molecule has 1 aromatic heterocycles. The van der Waals surface area contributed by atoms with Crippen LogP contribution in [0.25, 0.3) is 10.9 Å². The molecule has 0 aliphatic carbocycles. The highest BCUT2D eigenvalue weighted by Crippen LogP contribution is 2.34. The lowest BCUT2D eigenvalue weighted by atomic mass is 10.1. The zero-order valence-electron chi connectivity index (χ0n) is 18.5. The number of benzene rings is 2. The van der Waals surface area contributed by atoms with Gasteiger partial charge in [-0.15, -0.1) is 0 Å². The van der Waals surface area contributed by atoms with Crippen molar-refractivity contribution in [3.05, 3.63) is 48.2 Å². The predicted octanol–water partition coefficient (Wildman–Crippen LogP) is 2.83. The van der Waals surface area contributed by atoms with Crippen molar-refractivity contribution in [3.63, 3.8) is 0 Å². The van der Waals surface area contributed by atoms with Gasteiger partial charge >= 0.3 is 0 Å². The van der Waals surface area contributed by atoms with Crippen molar-refractivity contribution in [1.29, 1.82) is 0 Å². The second-order valence-corrected chi connectivity index (χ2v) is 9.72. The van der Waals surface area contributed by atoms with Gasteiger partial charge in [0.2, 0.25) is 15.9 Å². The van der Waals surface area contributed by atoms with Crippen LogP contribution in [0, 0.1) is 0 Å². The van der Waals surface area contributed by atoms with Crippen LogP contribution in [0.15, 0.2) is 42.6 Å². The summed E-state index contributed by atoms with van der Waals surface area (Å²) >= 11 is 0. The zero-order valence-corrected chi connectivity index (χ0v) is 19.3. The molecule has 1 amide bonds. The molecule has 2 aromatic carbocycles. The van der Waals surface area contributed by atoms with Crippen molar-refractivity contribution in [2.45, 2.75) is 25.4 Å². The Morgan fingerprint density at radius 1 is 1.21 bits per heavy atom. The molecule has 1 unspecified atom stereocenters. The Kier molecular flexibility index (Phi) is 6.64. The van der Waals surface area contributed by atoms with E-state index in [1.807, 2.05) is 24.4 Å². The fourth-order valence-corrected chi connectivity index (χ4v) is 4.30. The first-order chi connectivity index (χ1) is 15.8. The Labute approximate surface area is 192 Å². The first-order valence-corrected chi connectivity index (χ1v) is 12.5. The Hall–Kier alpha value is -3.40. The van der Waals surface area contributed by atoms with Gasteiger partial charge in [0, 0.05) is 29.6 Å². The lowest BCUT2D eigenvalue weighted by molar-refractivity contribution is -0.121.